The van der Waals surface area contributed by atoms with Crippen molar-refractivity contribution in [3.63, 3.8) is 0 Å². The van der Waals surface area contributed by atoms with Crippen molar-refractivity contribution in [2.75, 3.05) is 30.1 Å². The van der Waals surface area contributed by atoms with Crippen LogP contribution in [-0.4, -0.2) is 40.1 Å². The maximum Gasteiger partial charge on any atom is 0.255 e. The first-order valence-electron chi connectivity index (χ1n) is 14.6. The van der Waals surface area contributed by atoms with E-state index in [1.807, 2.05) is 80.6 Å². The van der Waals surface area contributed by atoms with Gasteiger partial charge in [0.15, 0.2) is 11.5 Å². The summed E-state index contributed by atoms with van der Waals surface area (Å²) < 4.78 is 20.5. The molecule has 1 unspecified atom stereocenters. The first-order chi connectivity index (χ1) is 21.4. The zero-order chi connectivity index (χ0) is 31.1. The Kier molecular flexibility index (Phi) is 10.5. The number of nitrogens with one attached hydrogen (secondary N) is 2. The number of carbonyl (C=O) groups is 1. The number of thioether (sulfide) groups is 1. The molecule has 2 N–H and O–H groups in total. The van der Waals surface area contributed by atoms with Crippen LogP contribution in [-0.2, 0) is 11.4 Å². The third-order valence-electron chi connectivity index (χ3n) is 7.05. The van der Waals surface area contributed by atoms with E-state index in [0.29, 0.717) is 58.5 Å². The number of fused-ring (bicyclic) bond motifs is 1. The number of hydrogen-bond acceptors (Lipinski definition) is 8. The summed E-state index contributed by atoms with van der Waals surface area (Å²) in [5.74, 6) is 2.97. The maximum absolute atomic E-state index is 14.1. The van der Waals surface area contributed by atoms with Gasteiger partial charge >= 0.3 is 0 Å². The summed E-state index contributed by atoms with van der Waals surface area (Å²) in [7, 11) is 1.61. The Balaban J connectivity index is 1.50. The zero-order valence-corrected chi connectivity index (χ0v) is 27.6. The lowest BCUT2D eigenvalue weighted by molar-refractivity contribution is -0.113. The maximum atomic E-state index is 14.1. The molecule has 1 aliphatic rings. The van der Waals surface area contributed by atoms with Crippen molar-refractivity contribution < 1.29 is 19.0 Å². The van der Waals surface area contributed by atoms with Crippen molar-refractivity contribution in [3.05, 3.63) is 93.6 Å². The van der Waals surface area contributed by atoms with Gasteiger partial charge in [-0.2, -0.15) is 4.98 Å². The smallest absolute Gasteiger partial charge is 0.255 e. The van der Waals surface area contributed by atoms with Crippen molar-refractivity contribution in [1.29, 1.82) is 0 Å². The number of nitrogens with zero attached hydrogens (tertiary/aromatic N) is 3. The van der Waals surface area contributed by atoms with Crippen LogP contribution in [0.15, 0.2) is 87.6 Å². The Morgan fingerprint density at radius 2 is 1.84 bits per heavy atom. The molecule has 0 aliphatic carbocycles. The zero-order valence-electron chi connectivity index (χ0n) is 25.2. The molecular weight excluding hydrogens is 642 g/mol. The molecule has 0 saturated carbocycles. The third-order valence-corrected chi connectivity index (χ3v) is 8.51. The topological polar surface area (TPSA) is 99.5 Å². The standard InChI is InChI=1S/C33H36BrN5O4S/c1-5-7-18-44-33-37-32-35-21(3)29(31(40)36-25-10-8-9-11-26(25)42-6-2)30(39(32)38-33)23-14-17-27(28(19-23)41-4)43-20-22-12-15-24(34)16-13-22/h8-17,19,30H,5-7,18,20H2,1-4H3,(H,36,40)(H,35,37,38). The van der Waals surface area contributed by atoms with E-state index in [9.17, 15) is 4.79 Å². The summed E-state index contributed by atoms with van der Waals surface area (Å²) in [5, 5.41) is 11.9. The molecule has 0 saturated heterocycles. The number of carbonyl (C=O) groups excluding carboxylic acids is 1. The third kappa shape index (κ3) is 7.22. The van der Waals surface area contributed by atoms with Crippen LogP contribution in [0.4, 0.5) is 11.6 Å². The fourth-order valence-corrected chi connectivity index (χ4v) is 6.04. The predicted octanol–water partition coefficient (Wildman–Crippen LogP) is 7.85. The molecule has 2 heterocycles. The summed E-state index contributed by atoms with van der Waals surface area (Å²) in [4.78, 5) is 18.8. The second kappa shape index (κ2) is 14.7. The summed E-state index contributed by atoms with van der Waals surface area (Å²) in [6.45, 7) is 6.81. The molecular formula is C33H36BrN5O4S. The monoisotopic (exact) mass is 677 g/mol. The van der Waals surface area contributed by atoms with Crippen molar-refractivity contribution in [2.45, 2.75) is 51.4 Å². The van der Waals surface area contributed by atoms with Crippen molar-refractivity contribution in [2.24, 2.45) is 0 Å². The summed E-state index contributed by atoms with van der Waals surface area (Å²) in [6.07, 6.45) is 2.15. The molecule has 230 valence electrons. The number of amides is 1. The number of hydrogen-bond donors (Lipinski definition) is 2. The van der Waals surface area contributed by atoms with E-state index in [4.69, 9.17) is 24.3 Å². The highest BCUT2D eigenvalue weighted by molar-refractivity contribution is 9.10. The Bertz CT molecular complexity index is 1640. The van der Waals surface area contributed by atoms with Gasteiger partial charge in [-0.1, -0.05) is 71.4 Å². The molecule has 1 atom stereocenters. The first-order valence-corrected chi connectivity index (χ1v) is 16.3. The number of para-hydroxylation sites is 2. The molecule has 0 bridgehead atoms. The minimum atomic E-state index is -0.576. The predicted molar refractivity (Wildman–Crippen MR) is 178 cm³/mol. The number of aromatic nitrogens is 3. The van der Waals surface area contributed by atoms with Crippen molar-refractivity contribution in [1.82, 2.24) is 14.8 Å². The van der Waals surface area contributed by atoms with Crippen LogP contribution in [0.3, 0.4) is 0 Å². The fourth-order valence-electron chi connectivity index (χ4n) is 4.86. The molecule has 3 aromatic carbocycles. The molecule has 0 spiro atoms. The number of unbranched alkanes of at least 4 members (excludes halogenated alkanes) is 1. The van der Waals surface area contributed by atoms with Gasteiger partial charge < -0.3 is 24.8 Å². The Morgan fingerprint density at radius 1 is 1.05 bits per heavy atom. The quantitative estimate of drug-likeness (QED) is 0.109. The van der Waals surface area contributed by atoms with E-state index in [1.54, 1.807) is 23.6 Å². The Morgan fingerprint density at radius 3 is 2.59 bits per heavy atom. The molecule has 1 amide bonds. The molecule has 0 radical (unpaired) electrons. The highest BCUT2D eigenvalue weighted by Gasteiger charge is 2.35. The normalized spacial score (nSPS) is 14.1. The minimum absolute atomic E-state index is 0.275. The number of rotatable bonds is 13. The van der Waals surface area contributed by atoms with E-state index >= 15 is 0 Å². The number of anilines is 2. The van der Waals surface area contributed by atoms with Crippen LogP contribution < -0.4 is 24.8 Å². The molecule has 44 heavy (non-hydrogen) atoms. The van der Waals surface area contributed by atoms with Gasteiger partial charge in [0.25, 0.3) is 5.91 Å². The second-order valence-corrected chi connectivity index (χ2v) is 12.1. The van der Waals surface area contributed by atoms with Gasteiger partial charge in [0.05, 0.1) is 25.0 Å². The van der Waals surface area contributed by atoms with Gasteiger partial charge in [0.1, 0.15) is 18.4 Å². The van der Waals surface area contributed by atoms with E-state index in [-0.39, 0.29) is 5.91 Å². The van der Waals surface area contributed by atoms with Gasteiger partial charge in [-0.3, -0.25) is 4.79 Å². The lowest BCUT2D eigenvalue weighted by Crippen LogP contribution is -2.31. The Hall–Kier alpha value is -3.96. The van der Waals surface area contributed by atoms with E-state index < -0.39 is 6.04 Å². The lowest BCUT2D eigenvalue weighted by Gasteiger charge is -2.29. The van der Waals surface area contributed by atoms with E-state index in [1.165, 1.54) is 0 Å². The summed E-state index contributed by atoms with van der Waals surface area (Å²) >= 11 is 5.08. The fraction of sp³-hybridized carbons (Fsp3) is 0.303. The van der Waals surface area contributed by atoms with E-state index in [2.05, 4.69) is 33.5 Å². The van der Waals surface area contributed by atoms with E-state index in [0.717, 1.165) is 34.2 Å². The van der Waals surface area contributed by atoms with Crippen LogP contribution >= 0.6 is 27.7 Å². The Labute approximate surface area is 270 Å². The average molecular weight is 679 g/mol. The lowest BCUT2D eigenvalue weighted by atomic mass is 9.94. The molecule has 0 fully saturated rings. The molecule has 4 aromatic rings. The molecule has 5 rings (SSSR count). The van der Waals surface area contributed by atoms with Crippen LogP contribution in [0.5, 0.6) is 17.2 Å². The highest BCUT2D eigenvalue weighted by atomic mass is 79.9. The minimum Gasteiger partial charge on any atom is -0.493 e. The van der Waals surface area contributed by atoms with Gasteiger partial charge in [-0.15, -0.1) is 5.10 Å². The van der Waals surface area contributed by atoms with Crippen LogP contribution in [0.2, 0.25) is 0 Å². The molecule has 11 heteroatoms. The number of allylic oxidation sites excluding steroid dienone is 1. The molecule has 1 aromatic heterocycles. The largest absolute Gasteiger partial charge is 0.493 e. The number of ether oxygens (including phenoxy) is 3. The van der Waals surface area contributed by atoms with Gasteiger partial charge in [0.2, 0.25) is 11.1 Å². The van der Waals surface area contributed by atoms with Crippen LogP contribution in [0.1, 0.15) is 50.8 Å². The molecule has 1 aliphatic heterocycles. The summed E-state index contributed by atoms with van der Waals surface area (Å²) in [6, 6.07) is 20.5. The average Bonchev–Trinajstić information content (AvgIpc) is 3.43. The molecule has 9 nitrogen and oxygen atoms in total. The number of halogens is 1. The van der Waals surface area contributed by atoms with Crippen LogP contribution in [0, 0.1) is 0 Å². The summed E-state index contributed by atoms with van der Waals surface area (Å²) in [5.41, 5.74) is 3.61. The van der Waals surface area contributed by atoms with Gasteiger partial charge in [-0.05, 0) is 67.8 Å². The van der Waals surface area contributed by atoms with Crippen molar-refractivity contribution >= 4 is 45.2 Å². The SMILES string of the molecule is CCCCSc1nc2n(n1)C(c1ccc(OCc3ccc(Br)cc3)c(OC)c1)C(C(=O)Nc1ccccc1OCC)=C(C)N2. The highest BCUT2D eigenvalue weighted by Crippen LogP contribution is 2.40. The first kappa shape index (κ1) is 31.5. The van der Waals surface area contributed by atoms with Crippen LogP contribution in [0.25, 0.3) is 0 Å². The van der Waals surface area contributed by atoms with Gasteiger partial charge in [0, 0.05) is 15.9 Å². The number of benzene rings is 3. The van der Waals surface area contributed by atoms with Gasteiger partial charge in [-0.25, -0.2) is 4.68 Å². The van der Waals surface area contributed by atoms with Crippen molar-refractivity contribution in [3.8, 4) is 17.2 Å². The second-order valence-electron chi connectivity index (χ2n) is 10.1. The number of methoxy groups -OCH3 is 1.